The standard InChI is InChI=1S/C13H19BrN4O.ClH/c1-7-4-8(5-15)6-18(7)13(19)12-10(14)11(16-17-12)9-2-3-9;/h7-9H,2-6,15H2,1H3,(H,16,17);1H. The number of hydrogen-bond acceptors (Lipinski definition) is 3. The van der Waals surface area contributed by atoms with Gasteiger partial charge in [-0.3, -0.25) is 9.89 Å². The fourth-order valence-corrected chi connectivity index (χ4v) is 3.53. The van der Waals surface area contributed by atoms with E-state index in [2.05, 4.69) is 33.1 Å². The molecule has 0 radical (unpaired) electrons. The quantitative estimate of drug-likeness (QED) is 0.865. The molecule has 2 heterocycles. The lowest BCUT2D eigenvalue weighted by Gasteiger charge is -2.20. The van der Waals surface area contributed by atoms with Gasteiger partial charge in [-0.15, -0.1) is 12.4 Å². The maximum Gasteiger partial charge on any atom is 0.275 e. The third-order valence-electron chi connectivity index (χ3n) is 4.18. The molecule has 0 spiro atoms. The van der Waals surface area contributed by atoms with E-state index >= 15 is 0 Å². The van der Waals surface area contributed by atoms with E-state index in [-0.39, 0.29) is 24.4 Å². The van der Waals surface area contributed by atoms with E-state index in [9.17, 15) is 4.79 Å². The van der Waals surface area contributed by atoms with Crippen LogP contribution in [-0.2, 0) is 0 Å². The van der Waals surface area contributed by atoms with Crippen LogP contribution in [0.4, 0.5) is 0 Å². The van der Waals surface area contributed by atoms with Crippen molar-refractivity contribution >= 4 is 34.2 Å². The number of nitrogens with two attached hydrogens (primary N) is 1. The number of carbonyl (C=O) groups is 1. The molecule has 1 saturated carbocycles. The zero-order valence-corrected chi connectivity index (χ0v) is 13.8. The second-order valence-electron chi connectivity index (χ2n) is 5.72. The predicted molar refractivity (Wildman–Crippen MR) is 83.2 cm³/mol. The molecule has 2 atom stereocenters. The largest absolute Gasteiger partial charge is 0.334 e. The Bertz CT molecular complexity index is 503. The van der Waals surface area contributed by atoms with Crippen LogP contribution in [0.15, 0.2) is 4.47 Å². The third kappa shape index (κ3) is 2.73. The second-order valence-corrected chi connectivity index (χ2v) is 6.51. The number of aromatic amines is 1. The van der Waals surface area contributed by atoms with Crippen molar-refractivity contribution in [3.63, 3.8) is 0 Å². The highest BCUT2D eigenvalue weighted by molar-refractivity contribution is 9.10. The molecular formula is C13H20BrClN4O. The van der Waals surface area contributed by atoms with Crippen LogP contribution < -0.4 is 5.73 Å². The van der Waals surface area contributed by atoms with Crippen LogP contribution in [0.3, 0.4) is 0 Å². The van der Waals surface area contributed by atoms with Crippen molar-refractivity contribution in [3.8, 4) is 0 Å². The number of likely N-dealkylation sites (tertiary alicyclic amines) is 1. The molecule has 2 aliphatic rings. The number of amides is 1. The summed E-state index contributed by atoms with van der Waals surface area (Å²) in [5.74, 6) is 0.981. The fraction of sp³-hybridized carbons (Fsp3) is 0.692. The molecule has 1 aliphatic carbocycles. The Balaban J connectivity index is 0.00000147. The lowest BCUT2D eigenvalue weighted by atomic mass is 10.1. The zero-order chi connectivity index (χ0) is 13.6. The van der Waals surface area contributed by atoms with Gasteiger partial charge in [0, 0.05) is 18.5 Å². The number of hydrogen-bond donors (Lipinski definition) is 2. The SMILES string of the molecule is CC1CC(CN)CN1C(=O)c1n[nH]c(C2CC2)c1Br.Cl. The van der Waals surface area contributed by atoms with Gasteiger partial charge in [0.15, 0.2) is 5.69 Å². The minimum Gasteiger partial charge on any atom is -0.334 e. The van der Waals surface area contributed by atoms with Gasteiger partial charge < -0.3 is 10.6 Å². The highest BCUT2D eigenvalue weighted by Crippen LogP contribution is 2.43. The summed E-state index contributed by atoms with van der Waals surface area (Å²) in [5.41, 5.74) is 7.30. The van der Waals surface area contributed by atoms with E-state index in [0.717, 1.165) is 23.1 Å². The summed E-state index contributed by atoms with van der Waals surface area (Å²) in [4.78, 5) is 14.5. The van der Waals surface area contributed by atoms with E-state index in [0.29, 0.717) is 24.1 Å². The third-order valence-corrected chi connectivity index (χ3v) is 4.98. The number of carbonyl (C=O) groups excluding carboxylic acids is 1. The Hall–Kier alpha value is -0.590. The molecule has 5 nitrogen and oxygen atoms in total. The van der Waals surface area contributed by atoms with Gasteiger partial charge in [-0.2, -0.15) is 5.10 Å². The van der Waals surface area contributed by atoms with Crippen LogP contribution in [0.1, 0.15) is 48.3 Å². The highest BCUT2D eigenvalue weighted by atomic mass is 79.9. The summed E-state index contributed by atoms with van der Waals surface area (Å²) in [5, 5.41) is 7.22. The molecule has 0 aromatic carbocycles. The molecule has 7 heteroatoms. The Morgan fingerprint density at radius 2 is 2.25 bits per heavy atom. The van der Waals surface area contributed by atoms with Crippen LogP contribution in [-0.4, -0.2) is 40.1 Å². The van der Waals surface area contributed by atoms with Gasteiger partial charge >= 0.3 is 0 Å². The highest BCUT2D eigenvalue weighted by Gasteiger charge is 2.36. The lowest BCUT2D eigenvalue weighted by molar-refractivity contribution is 0.0736. The van der Waals surface area contributed by atoms with Crippen molar-refractivity contribution in [2.24, 2.45) is 11.7 Å². The lowest BCUT2D eigenvalue weighted by Crippen LogP contribution is -2.34. The number of rotatable bonds is 3. The molecule has 1 amide bonds. The van der Waals surface area contributed by atoms with E-state index < -0.39 is 0 Å². The second kappa shape index (κ2) is 6.03. The topological polar surface area (TPSA) is 75.0 Å². The van der Waals surface area contributed by atoms with Crippen molar-refractivity contribution < 1.29 is 4.79 Å². The molecule has 3 N–H and O–H groups in total. The number of nitrogens with one attached hydrogen (secondary N) is 1. The van der Waals surface area contributed by atoms with Gasteiger partial charge in [-0.1, -0.05) is 0 Å². The zero-order valence-electron chi connectivity index (χ0n) is 11.4. The first kappa shape index (κ1) is 15.8. The van der Waals surface area contributed by atoms with Gasteiger partial charge in [-0.25, -0.2) is 0 Å². The number of nitrogens with zero attached hydrogens (tertiary/aromatic N) is 2. The van der Waals surface area contributed by atoms with Gasteiger partial charge in [0.05, 0.1) is 10.2 Å². The Kier molecular flexibility index (Phi) is 4.76. The van der Waals surface area contributed by atoms with E-state index in [1.807, 2.05) is 4.90 Å². The first-order chi connectivity index (χ1) is 9.11. The Morgan fingerprint density at radius 3 is 2.80 bits per heavy atom. The van der Waals surface area contributed by atoms with Gasteiger partial charge in [-0.05, 0) is 54.6 Å². The average molecular weight is 364 g/mol. The molecule has 1 aromatic rings. The smallest absolute Gasteiger partial charge is 0.275 e. The summed E-state index contributed by atoms with van der Waals surface area (Å²) in [7, 11) is 0. The summed E-state index contributed by atoms with van der Waals surface area (Å²) < 4.78 is 0.850. The van der Waals surface area contributed by atoms with Crippen molar-refractivity contribution in [1.82, 2.24) is 15.1 Å². The van der Waals surface area contributed by atoms with Crippen LogP contribution in [0.25, 0.3) is 0 Å². The molecule has 2 fully saturated rings. The molecule has 20 heavy (non-hydrogen) atoms. The van der Waals surface area contributed by atoms with Crippen molar-refractivity contribution in [3.05, 3.63) is 15.9 Å². The molecule has 1 saturated heterocycles. The van der Waals surface area contributed by atoms with Crippen LogP contribution in [0.5, 0.6) is 0 Å². The predicted octanol–water partition coefficient (Wildman–Crippen LogP) is 2.28. The molecule has 112 valence electrons. The molecule has 1 aromatic heterocycles. The fourth-order valence-electron chi connectivity index (χ4n) is 2.86. The Labute approximate surface area is 133 Å². The summed E-state index contributed by atoms with van der Waals surface area (Å²) >= 11 is 3.53. The van der Waals surface area contributed by atoms with Gasteiger partial charge in [0.2, 0.25) is 0 Å². The summed E-state index contributed by atoms with van der Waals surface area (Å²) in [6.07, 6.45) is 3.35. The van der Waals surface area contributed by atoms with Crippen molar-refractivity contribution in [1.29, 1.82) is 0 Å². The monoisotopic (exact) mass is 362 g/mol. The first-order valence-corrected chi connectivity index (χ1v) is 7.66. The van der Waals surface area contributed by atoms with E-state index in [4.69, 9.17) is 5.73 Å². The van der Waals surface area contributed by atoms with Crippen LogP contribution >= 0.6 is 28.3 Å². The minimum absolute atomic E-state index is 0. The summed E-state index contributed by atoms with van der Waals surface area (Å²) in [6, 6.07) is 0.244. The number of halogens is 2. The average Bonchev–Trinajstić information content (AvgIpc) is 3.06. The molecule has 0 bridgehead atoms. The molecular weight excluding hydrogens is 344 g/mol. The van der Waals surface area contributed by atoms with E-state index in [1.165, 1.54) is 12.8 Å². The van der Waals surface area contributed by atoms with Gasteiger partial charge in [0.1, 0.15) is 0 Å². The first-order valence-electron chi connectivity index (χ1n) is 6.86. The van der Waals surface area contributed by atoms with Crippen LogP contribution in [0.2, 0.25) is 0 Å². The summed E-state index contributed by atoms with van der Waals surface area (Å²) in [6.45, 7) is 3.47. The number of H-pyrrole nitrogens is 1. The maximum atomic E-state index is 12.6. The van der Waals surface area contributed by atoms with Crippen molar-refractivity contribution in [2.45, 2.75) is 38.1 Å². The molecule has 3 rings (SSSR count). The van der Waals surface area contributed by atoms with Crippen LogP contribution in [0, 0.1) is 5.92 Å². The van der Waals surface area contributed by atoms with Gasteiger partial charge in [0.25, 0.3) is 5.91 Å². The minimum atomic E-state index is 0. The number of aromatic nitrogens is 2. The normalized spacial score (nSPS) is 25.6. The maximum absolute atomic E-state index is 12.6. The van der Waals surface area contributed by atoms with E-state index in [1.54, 1.807) is 0 Å². The molecule has 2 unspecified atom stereocenters. The Morgan fingerprint density at radius 1 is 1.55 bits per heavy atom. The molecule has 1 aliphatic heterocycles. The van der Waals surface area contributed by atoms with Crippen molar-refractivity contribution in [2.75, 3.05) is 13.1 Å².